The molecular weight excluding hydrogens is 380 g/mol. The maximum absolute atomic E-state index is 12.4. The van der Waals surface area contributed by atoms with Gasteiger partial charge < -0.3 is 15.0 Å². The number of amides is 2. The van der Waals surface area contributed by atoms with Crippen LogP contribution in [0.25, 0.3) is 11.1 Å². The minimum atomic E-state index is -0.630. The van der Waals surface area contributed by atoms with Gasteiger partial charge in [0.25, 0.3) is 11.8 Å². The second-order valence-corrected chi connectivity index (χ2v) is 7.72. The first-order chi connectivity index (χ1) is 14.5. The van der Waals surface area contributed by atoms with Crippen LogP contribution in [-0.4, -0.2) is 47.9 Å². The summed E-state index contributed by atoms with van der Waals surface area (Å²) in [4.78, 5) is 38.4. The molecule has 2 atom stereocenters. The van der Waals surface area contributed by atoms with E-state index in [1.54, 1.807) is 17.0 Å². The molecule has 0 bridgehead atoms. The Morgan fingerprint density at radius 2 is 1.53 bits per heavy atom. The quantitative estimate of drug-likeness (QED) is 0.743. The topological polar surface area (TPSA) is 75.7 Å². The van der Waals surface area contributed by atoms with E-state index < -0.39 is 5.97 Å². The number of carbonyl (C=O) groups excluding carboxylic acids is 3. The molecule has 0 unspecified atom stereocenters. The molecular formula is C24H28N2O4. The maximum Gasteiger partial charge on any atom is 0.325 e. The minimum absolute atomic E-state index is 0.151. The summed E-state index contributed by atoms with van der Waals surface area (Å²) in [6.07, 6.45) is 3.02. The number of hydrogen-bond donors (Lipinski definition) is 1. The molecule has 0 aromatic heterocycles. The van der Waals surface area contributed by atoms with Crippen molar-refractivity contribution in [1.29, 1.82) is 0 Å². The molecule has 6 heteroatoms. The molecule has 2 amide bonds. The van der Waals surface area contributed by atoms with Gasteiger partial charge in [0.1, 0.15) is 6.54 Å². The van der Waals surface area contributed by atoms with Crippen LogP contribution in [0.3, 0.4) is 0 Å². The Labute approximate surface area is 177 Å². The van der Waals surface area contributed by atoms with Crippen molar-refractivity contribution in [2.24, 2.45) is 0 Å². The van der Waals surface area contributed by atoms with E-state index in [9.17, 15) is 14.4 Å². The summed E-state index contributed by atoms with van der Waals surface area (Å²) in [7, 11) is 0. The monoisotopic (exact) mass is 408 g/mol. The van der Waals surface area contributed by atoms with Gasteiger partial charge in [-0.2, -0.15) is 0 Å². The number of rotatable bonds is 6. The first-order valence-corrected chi connectivity index (χ1v) is 10.4. The van der Waals surface area contributed by atoms with E-state index in [4.69, 9.17) is 4.74 Å². The lowest BCUT2D eigenvalue weighted by atomic mass is 9.97. The molecule has 1 aliphatic rings. The lowest BCUT2D eigenvalue weighted by Crippen LogP contribution is -2.49. The molecule has 0 spiro atoms. The molecule has 0 radical (unpaired) electrons. The number of ether oxygens (including phenoxy) is 1. The molecule has 3 rings (SSSR count). The first-order valence-electron chi connectivity index (χ1n) is 10.4. The van der Waals surface area contributed by atoms with Crippen LogP contribution in [0.1, 0.15) is 43.5 Å². The van der Waals surface area contributed by atoms with Crippen LogP contribution in [0.5, 0.6) is 0 Å². The maximum atomic E-state index is 12.4. The van der Waals surface area contributed by atoms with Crippen molar-refractivity contribution in [2.75, 3.05) is 13.2 Å². The standard InChI is InChI=1S/C24H28N2O4/c1-17-7-6-8-18(2)26(17)22(27)16-30-23(28)15-25-24(29)21-13-11-20(12-14-21)19-9-4-3-5-10-19/h3-5,9-14,17-18H,6-8,15-16H2,1-2H3,(H,25,29)/t17-,18-/m0/s1. The Morgan fingerprint density at radius 1 is 0.933 bits per heavy atom. The van der Waals surface area contributed by atoms with E-state index in [1.807, 2.05) is 56.3 Å². The number of hydrogen-bond acceptors (Lipinski definition) is 4. The number of benzene rings is 2. The number of likely N-dealkylation sites (tertiary alicyclic amines) is 1. The number of piperidine rings is 1. The summed E-state index contributed by atoms with van der Waals surface area (Å²) < 4.78 is 5.07. The first kappa shape index (κ1) is 21.6. The van der Waals surface area contributed by atoms with Crippen molar-refractivity contribution in [3.63, 3.8) is 0 Å². The van der Waals surface area contributed by atoms with Crippen LogP contribution in [0, 0.1) is 0 Å². The van der Waals surface area contributed by atoms with Crippen molar-refractivity contribution in [1.82, 2.24) is 10.2 Å². The van der Waals surface area contributed by atoms with Crippen LogP contribution in [0.4, 0.5) is 0 Å². The van der Waals surface area contributed by atoms with Crippen molar-refractivity contribution in [3.05, 3.63) is 60.2 Å². The Kier molecular flexibility index (Phi) is 7.22. The fourth-order valence-corrected chi connectivity index (χ4v) is 3.88. The minimum Gasteiger partial charge on any atom is -0.454 e. The predicted molar refractivity (Wildman–Crippen MR) is 115 cm³/mol. The summed E-state index contributed by atoms with van der Waals surface area (Å²) in [5, 5.41) is 2.54. The number of carbonyl (C=O) groups is 3. The lowest BCUT2D eigenvalue weighted by Gasteiger charge is -2.38. The third-order valence-electron chi connectivity index (χ3n) is 5.49. The Bertz CT molecular complexity index is 870. The van der Waals surface area contributed by atoms with Crippen LogP contribution < -0.4 is 5.32 Å². The molecule has 2 aromatic carbocycles. The lowest BCUT2D eigenvalue weighted by molar-refractivity contribution is -0.154. The summed E-state index contributed by atoms with van der Waals surface area (Å²) in [6.45, 7) is 3.45. The zero-order valence-electron chi connectivity index (χ0n) is 17.5. The van der Waals surface area contributed by atoms with Crippen molar-refractivity contribution >= 4 is 17.8 Å². The molecule has 0 saturated carbocycles. The fraction of sp³-hybridized carbons (Fsp3) is 0.375. The molecule has 1 N–H and O–H groups in total. The molecule has 6 nitrogen and oxygen atoms in total. The number of nitrogens with one attached hydrogen (secondary N) is 1. The Hall–Kier alpha value is -3.15. The summed E-state index contributed by atoms with van der Waals surface area (Å²) in [5.41, 5.74) is 2.52. The molecule has 2 aromatic rings. The van der Waals surface area contributed by atoms with E-state index in [0.717, 1.165) is 30.4 Å². The van der Waals surface area contributed by atoms with Gasteiger partial charge in [0.2, 0.25) is 0 Å². The zero-order valence-corrected chi connectivity index (χ0v) is 17.5. The normalized spacial score (nSPS) is 18.5. The van der Waals surface area contributed by atoms with Gasteiger partial charge in [-0.25, -0.2) is 0 Å². The van der Waals surface area contributed by atoms with Crippen molar-refractivity contribution in [3.8, 4) is 11.1 Å². The fourth-order valence-electron chi connectivity index (χ4n) is 3.88. The number of nitrogens with zero attached hydrogens (tertiary/aromatic N) is 1. The van der Waals surface area contributed by atoms with Gasteiger partial charge in [0, 0.05) is 17.6 Å². The van der Waals surface area contributed by atoms with Gasteiger partial charge >= 0.3 is 5.97 Å². The van der Waals surface area contributed by atoms with Gasteiger partial charge in [-0.3, -0.25) is 14.4 Å². The van der Waals surface area contributed by atoms with E-state index in [0.29, 0.717) is 5.56 Å². The molecule has 1 heterocycles. The average Bonchev–Trinajstić information content (AvgIpc) is 2.76. The molecule has 158 valence electrons. The van der Waals surface area contributed by atoms with Crippen LogP contribution >= 0.6 is 0 Å². The number of esters is 1. The van der Waals surface area contributed by atoms with Crippen LogP contribution in [0.15, 0.2) is 54.6 Å². The van der Waals surface area contributed by atoms with Crippen LogP contribution in [-0.2, 0) is 14.3 Å². The second kappa shape index (κ2) is 10.1. The summed E-state index contributed by atoms with van der Waals surface area (Å²) in [6, 6.07) is 17.3. The van der Waals surface area contributed by atoms with E-state index in [-0.39, 0.29) is 37.0 Å². The smallest absolute Gasteiger partial charge is 0.325 e. The summed E-state index contributed by atoms with van der Waals surface area (Å²) in [5.74, 6) is -1.18. The SMILES string of the molecule is C[C@H]1CCC[C@H](C)N1C(=O)COC(=O)CNC(=O)c1ccc(-c2ccccc2)cc1. The predicted octanol–water partition coefficient (Wildman–Crippen LogP) is 3.42. The Balaban J connectivity index is 1.45. The molecule has 1 saturated heterocycles. The average molecular weight is 408 g/mol. The molecule has 30 heavy (non-hydrogen) atoms. The highest BCUT2D eigenvalue weighted by molar-refractivity contribution is 5.96. The second-order valence-electron chi connectivity index (χ2n) is 7.72. The molecule has 0 aliphatic carbocycles. The zero-order chi connectivity index (χ0) is 21.5. The highest BCUT2D eigenvalue weighted by Gasteiger charge is 2.29. The van der Waals surface area contributed by atoms with Gasteiger partial charge in [-0.1, -0.05) is 42.5 Å². The Morgan fingerprint density at radius 3 is 2.17 bits per heavy atom. The van der Waals surface area contributed by atoms with Gasteiger partial charge in [-0.15, -0.1) is 0 Å². The third kappa shape index (κ3) is 5.47. The van der Waals surface area contributed by atoms with E-state index in [1.165, 1.54) is 0 Å². The molecule has 1 aliphatic heterocycles. The largest absolute Gasteiger partial charge is 0.454 e. The van der Waals surface area contributed by atoms with E-state index in [2.05, 4.69) is 5.32 Å². The van der Waals surface area contributed by atoms with Crippen LogP contribution in [0.2, 0.25) is 0 Å². The highest BCUT2D eigenvalue weighted by Crippen LogP contribution is 2.22. The highest BCUT2D eigenvalue weighted by atomic mass is 16.5. The van der Waals surface area contributed by atoms with Gasteiger partial charge in [-0.05, 0) is 56.4 Å². The third-order valence-corrected chi connectivity index (χ3v) is 5.49. The van der Waals surface area contributed by atoms with Gasteiger partial charge in [0.05, 0.1) is 0 Å². The summed E-state index contributed by atoms with van der Waals surface area (Å²) >= 11 is 0. The van der Waals surface area contributed by atoms with Crippen molar-refractivity contribution in [2.45, 2.75) is 45.2 Å². The molecule has 1 fully saturated rings. The van der Waals surface area contributed by atoms with Crippen molar-refractivity contribution < 1.29 is 19.1 Å². The van der Waals surface area contributed by atoms with E-state index >= 15 is 0 Å². The van der Waals surface area contributed by atoms with Gasteiger partial charge in [0.15, 0.2) is 6.61 Å².